The Hall–Kier alpha value is -2.02. The van der Waals surface area contributed by atoms with E-state index in [0.29, 0.717) is 0 Å². The average Bonchev–Trinajstić information content (AvgIpc) is 3.42. The molecule has 4 rings (SSSR count). The zero-order chi connectivity index (χ0) is 22.2. The Labute approximate surface area is 189 Å². The van der Waals surface area contributed by atoms with Crippen molar-refractivity contribution in [3.8, 4) is 17.0 Å². The molecule has 3 heterocycles. The molecule has 0 aliphatic carbocycles. The molecule has 0 saturated carbocycles. The van der Waals surface area contributed by atoms with Gasteiger partial charge in [-0.2, -0.15) is 5.10 Å². The molecular weight excluding hydrogens is 406 g/mol. The fraction of sp³-hybridized carbons (Fsp3) is 0.480. The van der Waals surface area contributed by atoms with Crippen molar-refractivity contribution in [2.45, 2.75) is 51.3 Å². The van der Waals surface area contributed by atoms with E-state index in [0.717, 1.165) is 53.4 Å². The van der Waals surface area contributed by atoms with E-state index in [1.165, 1.54) is 27.9 Å². The fourth-order valence-electron chi connectivity index (χ4n) is 5.16. The highest BCUT2D eigenvalue weighted by atomic mass is 32.2. The molecule has 0 bridgehead atoms. The lowest BCUT2D eigenvalue weighted by molar-refractivity contribution is -0.000992. The molecule has 0 spiro atoms. The summed E-state index contributed by atoms with van der Waals surface area (Å²) in [4.78, 5) is 0. The van der Waals surface area contributed by atoms with E-state index < -0.39 is 0 Å². The Morgan fingerprint density at radius 2 is 2.00 bits per heavy atom. The summed E-state index contributed by atoms with van der Waals surface area (Å²) in [6.07, 6.45) is 5.63. The second-order valence-corrected chi connectivity index (χ2v) is 9.46. The number of aryl methyl sites for hydroxylation is 2. The lowest BCUT2D eigenvalue weighted by atomic mass is 9.99. The van der Waals surface area contributed by atoms with Gasteiger partial charge in [0.1, 0.15) is 11.3 Å². The average molecular weight is 441 g/mol. The number of hydrogen-bond acceptors (Lipinski definition) is 4. The van der Waals surface area contributed by atoms with Crippen LogP contribution < -0.4 is 9.22 Å². The van der Waals surface area contributed by atoms with E-state index in [-0.39, 0.29) is 6.23 Å². The number of fused-ring (bicyclic) bond motifs is 1. The van der Waals surface area contributed by atoms with Gasteiger partial charge in [-0.3, -0.25) is 4.48 Å². The van der Waals surface area contributed by atoms with Crippen molar-refractivity contribution in [1.82, 2.24) is 14.1 Å². The van der Waals surface area contributed by atoms with Crippen LogP contribution in [0.15, 0.2) is 35.4 Å². The summed E-state index contributed by atoms with van der Waals surface area (Å²) in [6, 6.07) is 10.7. The maximum absolute atomic E-state index is 6.23. The van der Waals surface area contributed by atoms with Gasteiger partial charge in [-0.05, 0) is 68.3 Å². The molecule has 1 aliphatic rings. The van der Waals surface area contributed by atoms with Crippen LogP contribution in [0.4, 0.5) is 5.69 Å². The van der Waals surface area contributed by atoms with Crippen LogP contribution in [0.1, 0.15) is 37.3 Å². The standard InChI is InChI=1S/C25H34N3O2S/c1-7-13-28(4,22-12-9-14-30-22)24-21-11-8-10-20(27(21)26-25(24)31-6)23-17(2)15-19(29-5)16-18(23)3/h8,10-11,15-16,22H,7,9,12-14H2,1-6H3/q+1. The molecule has 31 heavy (non-hydrogen) atoms. The highest BCUT2D eigenvalue weighted by Crippen LogP contribution is 2.42. The van der Waals surface area contributed by atoms with Crippen LogP contribution in [0.25, 0.3) is 16.8 Å². The number of rotatable bonds is 7. The molecule has 1 aromatic carbocycles. The van der Waals surface area contributed by atoms with Gasteiger partial charge in [0.05, 0.1) is 33.0 Å². The first-order valence-electron chi connectivity index (χ1n) is 11.1. The molecule has 5 nitrogen and oxygen atoms in total. The van der Waals surface area contributed by atoms with Gasteiger partial charge in [0, 0.05) is 12.0 Å². The summed E-state index contributed by atoms with van der Waals surface area (Å²) in [6.45, 7) is 8.43. The van der Waals surface area contributed by atoms with Crippen LogP contribution in [0.5, 0.6) is 5.75 Å². The second kappa shape index (κ2) is 8.85. The van der Waals surface area contributed by atoms with E-state index in [1.807, 2.05) is 0 Å². The summed E-state index contributed by atoms with van der Waals surface area (Å²) >= 11 is 1.73. The minimum absolute atomic E-state index is 0.187. The summed E-state index contributed by atoms with van der Waals surface area (Å²) in [5.74, 6) is 0.891. The van der Waals surface area contributed by atoms with E-state index in [2.05, 4.69) is 68.9 Å². The zero-order valence-corrected chi connectivity index (χ0v) is 20.4. The van der Waals surface area contributed by atoms with Gasteiger partial charge < -0.3 is 9.47 Å². The Morgan fingerprint density at radius 3 is 2.58 bits per heavy atom. The second-order valence-electron chi connectivity index (χ2n) is 8.66. The molecule has 3 aromatic rings. The number of methoxy groups -OCH3 is 1. The predicted molar refractivity (Wildman–Crippen MR) is 130 cm³/mol. The largest absolute Gasteiger partial charge is 0.497 e. The summed E-state index contributed by atoms with van der Waals surface area (Å²) in [7, 11) is 4.05. The van der Waals surface area contributed by atoms with Gasteiger partial charge in [-0.1, -0.05) is 13.0 Å². The van der Waals surface area contributed by atoms with Crippen molar-refractivity contribution in [2.24, 2.45) is 0 Å². The zero-order valence-electron chi connectivity index (χ0n) is 19.6. The molecule has 2 unspecified atom stereocenters. The van der Waals surface area contributed by atoms with Crippen molar-refractivity contribution in [3.63, 3.8) is 0 Å². The maximum atomic E-state index is 6.23. The van der Waals surface area contributed by atoms with E-state index in [9.17, 15) is 0 Å². The van der Waals surface area contributed by atoms with Crippen molar-refractivity contribution in [1.29, 1.82) is 0 Å². The number of quaternary nitrogens is 1. The number of hydrogen-bond donors (Lipinski definition) is 0. The highest BCUT2D eigenvalue weighted by Gasteiger charge is 2.42. The van der Waals surface area contributed by atoms with Crippen LogP contribution in [0.3, 0.4) is 0 Å². The predicted octanol–water partition coefficient (Wildman–Crippen LogP) is 5.83. The van der Waals surface area contributed by atoms with Gasteiger partial charge in [0.15, 0.2) is 16.9 Å². The first-order chi connectivity index (χ1) is 14.9. The fourth-order valence-corrected chi connectivity index (χ4v) is 5.83. The molecule has 1 saturated heterocycles. The van der Waals surface area contributed by atoms with Crippen LogP contribution in [0.2, 0.25) is 0 Å². The van der Waals surface area contributed by atoms with Crippen LogP contribution in [0, 0.1) is 13.8 Å². The number of benzene rings is 1. The number of ether oxygens (including phenoxy) is 2. The maximum Gasteiger partial charge on any atom is 0.197 e. The molecule has 2 atom stereocenters. The van der Waals surface area contributed by atoms with Crippen LogP contribution in [-0.2, 0) is 4.74 Å². The molecule has 166 valence electrons. The van der Waals surface area contributed by atoms with Gasteiger partial charge in [0.25, 0.3) is 0 Å². The summed E-state index contributed by atoms with van der Waals surface area (Å²) in [5, 5.41) is 6.22. The number of thioether (sulfide) groups is 1. The van der Waals surface area contributed by atoms with Gasteiger partial charge in [-0.25, -0.2) is 4.52 Å². The lowest BCUT2D eigenvalue weighted by Crippen LogP contribution is -2.54. The molecule has 6 heteroatoms. The third-order valence-electron chi connectivity index (χ3n) is 6.53. The van der Waals surface area contributed by atoms with Crippen molar-refractivity contribution in [3.05, 3.63) is 41.5 Å². The lowest BCUT2D eigenvalue weighted by Gasteiger charge is -2.38. The third-order valence-corrected chi connectivity index (χ3v) is 7.19. The molecule has 0 radical (unpaired) electrons. The Balaban J connectivity index is 1.97. The number of aromatic nitrogens is 2. The molecular formula is C25H34N3O2S+. The number of nitrogens with zero attached hydrogens (tertiary/aromatic N) is 3. The molecule has 0 amide bonds. The minimum atomic E-state index is 0.187. The van der Waals surface area contributed by atoms with E-state index in [4.69, 9.17) is 14.6 Å². The van der Waals surface area contributed by atoms with Crippen molar-refractivity contribution in [2.75, 3.05) is 33.6 Å². The van der Waals surface area contributed by atoms with E-state index in [1.54, 1.807) is 18.9 Å². The van der Waals surface area contributed by atoms with Crippen LogP contribution in [-0.4, -0.2) is 49.4 Å². The smallest absolute Gasteiger partial charge is 0.197 e. The first-order valence-corrected chi connectivity index (χ1v) is 12.4. The van der Waals surface area contributed by atoms with Crippen molar-refractivity contribution < 1.29 is 9.47 Å². The summed E-state index contributed by atoms with van der Waals surface area (Å²) in [5.41, 5.74) is 7.17. The molecule has 1 aliphatic heterocycles. The van der Waals surface area contributed by atoms with Gasteiger partial charge in [-0.15, -0.1) is 11.8 Å². The molecule has 2 aromatic heterocycles. The monoisotopic (exact) mass is 440 g/mol. The quantitative estimate of drug-likeness (QED) is 0.342. The summed E-state index contributed by atoms with van der Waals surface area (Å²) < 4.78 is 14.6. The third kappa shape index (κ3) is 3.75. The topological polar surface area (TPSA) is 35.8 Å². The van der Waals surface area contributed by atoms with Gasteiger partial charge >= 0.3 is 0 Å². The van der Waals surface area contributed by atoms with E-state index >= 15 is 0 Å². The minimum Gasteiger partial charge on any atom is -0.497 e. The Bertz CT molecular complexity index is 1060. The molecule has 1 fully saturated rings. The SMILES string of the molecule is CCC[N+](C)(c1c(SC)nn2c(-c3c(C)cc(OC)cc3C)cccc12)C1CCCO1. The normalized spacial score (nSPS) is 18.5. The van der Waals surface area contributed by atoms with Crippen LogP contribution >= 0.6 is 11.8 Å². The Morgan fingerprint density at radius 1 is 1.26 bits per heavy atom. The highest BCUT2D eigenvalue weighted by molar-refractivity contribution is 7.98. The molecule has 0 N–H and O–H groups in total. The number of pyridine rings is 1. The Kier molecular flexibility index (Phi) is 6.33. The van der Waals surface area contributed by atoms with Gasteiger partial charge in [0.2, 0.25) is 0 Å². The first kappa shape index (κ1) is 22.2. The van der Waals surface area contributed by atoms with Crippen molar-refractivity contribution >= 4 is 23.0 Å².